The molecule has 11 heteroatoms. The molecule has 0 radical (unpaired) electrons. The van der Waals surface area contributed by atoms with E-state index in [1.165, 1.54) is 13.0 Å². The lowest BCUT2D eigenvalue weighted by Crippen LogP contribution is -2.22. The van der Waals surface area contributed by atoms with Crippen LogP contribution in [0.5, 0.6) is 0 Å². The Labute approximate surface area is 142 Å². The van der Waals surface area contributed by atoms with Crippen molar-refractivity contribution in [3.8, 4) is 0 Å². The van der Waals surface area contributed by atoms with Gasteiger partial charge in [-0.3, -0.25) is 9.48 Å². The van der Waals surface area contributed by atoms with E-state index in [1.54, 1.807) is 0 Å². The summed E-state index contributed by atoms with van der Waals surface area (Å²) in [6.45, 7) is 0.481. The average Bonchev–Trinajstić information content (AvgIpc) is 2.75. The van der Waals surface area contributed by atoms with Gasteiger partial charge in [-0.2, -0.15) is 31.4 Å². The van der Waals surface area contributed by atoms with Gasteiger partial charge in [0, 0.05) is 0 Å². The van der Waals surface area contributed by atoms with Gasteiger partial charge < -0.3 is 5.32 Å². The molecule has 0 bridgehead atoms. The van der Waals surface area contributed by atoms with Crippen LogP contribution in [0.4, 0.5) is 32.0 Å². The Hall–Kier alpha value is -2.23. The fourth-order valence-electron chi connectivity index (χ4n) is 2.02. The average molecular weight is 386 g/mol. The second-order valence-electron chi connectivity index (χ2n) is 4.99. The van der Waals surface area contributed by atoms with E-state index in [4.69, 9.17) is 11.6 Å². The maximum Gasteiger partial charge on any atom is 0.436 e. The molecule has 136 valence electrons. The Morgan fingerprint density at radius 1 is 1.16 bits per heavy atom. The van der Waals surface area contributed by atoms with E-state index >= 15 is 0 Å². The molecule has 1 amide bonds. The van der Waals surface area contributed by atoms with Gasteiger partial charge in [0.1, 0.15) is 6.54 Å². The SMILES string of the molecule is Cc1c(Cl)c(C(F)(F)F)nn1CC(=O)Nc1ccccc1C(F)(F)F. The van der Waals surface area contributed by atoms with Crippen molar-refractivity contribution >= 4 is 23.2 Å². The van der Waals surface area contributed by atoms with Crippen LogP contribution < -0.4 is 5.32 Å². The molecule has 1 N–H and O–H groups in total. The Kier molecular flexibility index (Phi) is 5.03. The molecule has 0 aliphatic heterocycles. The standard InChI is InChI=1S/C14H10ClF6N3O/c1-7-11(15)12(14(19,20)21)23-24(7)6-10(25)22-9-5-3-2-4-8(9)13(16,17)18/h2-5H,6H2,1H3,(H,22,25). The number of halogens is 7. The molecule has 0 atom stereocenters. The summed E-state index contributed by atoms with van der Waals surface area (Å²) in [6, 6.07) is 4.23. The molecule has 1 aromatic heterocycles. The summed E-state index contributed by atoms with van der Waals surface area (Å²) in [5.74, 6) is -0.979. The summed E-state index contributed by atoms with van der Waals surface area (Å²) in [7, 11) is 0. The monoisotopic (exact) mass is 385 g/mol. The van der Waals surface area contributed by atoms with Crippen molar-refractivity contribution < 1.29 is 31.1 Å². The zero-order valence-corrected chi connectivity index (χ0v) is 13.2. The summed E-state index contributed by atoms with van der Waals surface area (Å²) in [5, 5.41) is 4.56. The number of hydrogen-bond donors (Lipinski definition) is 1. The first-order valence-electron chi connectivity index (χ1n) is 6.67. The van der Waals surface area contributed by atoms with Gasteiger partial charge in [0.05, 0.1) is 22.0 Å². The number of anilines is 1. The summed E-state index contributed by atoms with van der Waals surface area (Å²) in [6.07, 6.45) is -9.51. The van der Waals surface area contributed by atoms with E-state index in [0.29, 0.717) is 4.68 Å². The number of nitrogens with one attached hydrogen (secondary N) is 1. The van der Waals surface area contributed by atoms with Gasteiger partial charge in [0.15, 0.2) is 5.69 Å². The highest BCUT2D eigenvalue weighted by atomic mass is 35.5. The van der Waals surface area contributed by atoms with E-state index in [1.807, 2.05) is 5.32 Å². The van der Waals surface area contributed by atoms with Crippen LogP contribution in [0.15, 0.2) is 24.3 Å². The van der Waals surface area contributed by atoms with Crippen molar-refractivity contribution in [2.24, 2.45) is 0 Å². The van der Waals surface area contributed by atoms with E-state index in [9.17, 15) is 31.1 Å². The number of nitrogens with zero attached hydrogens (tertiary/aromatic N) is 2. The highest BCUT2D eigenvalue weighted by Gasteiger charge is 2.38. The van der Waals surface area contributed by atoms with Gasteiger partial charge in [-0.15, -0.1) is 0 Å². The highest BCUT2D eigenvalue weighted by molar-refractivity contribution is 6.32. The zero-order valence-electron chi connectivity index (χ0n) is 12.5. The van der Waals surface area contributed by atoms with Crippen molar-refractivity contribution in [2.45, 2.75) is 25.8 Å². The predicted molar refractivity (Wildman–Crippen MR) is 77.0 cm³/mol. The quantitative estimate of drug-likeness (QED) is 0.790. The Morgan fingerprint density at radius 2 is 1.76 bits per heavy atom. The van der Waals surface area contributed by atoms with Crippen molar-refractivity contribution in [2.75, 3.05) is 5.32 Å². The number of benzene rings is 1. The third-order valence-electron chi connectivity index (χ3n) is 3.20. The first kappa shape index (κ1) is 19.1. The fraction of sp³-hybridized carbons (Fsp3) is 0.286. The minimum atomic E-state index is -4.81. The second-order valence-corrected chi connectivity index (χ2v) is 5.37. The smallest absolute Gasteiger partial charge is 0.324 e. The topological polar surface area (TPSA) is 46.9 Å². The molecule has 1 heterocycles. The van der Waals surface area contributed by atoms with Crippen LogP contribution in [-0.4, -0.2) is 15.7 Å². The number of para-hydroxylation sites is 1. The molecule has 1 aromatic carbocycles. The van der Waals surface area contributed by atoms with Gasteiger partial charge in [0.2, 0.25) is 5.91 Å². The Morgan fingerprint density at radius 3 is 2.28 bits per heavy atom. The molecule has 0 saturated carbocycles. The van der Waals surface area contributed by atoms with E-state index in [0.717, 1.165) is 18.2 Å². The number of rotatable bonds is 3. The van der Waals surface area contributed by atoms with Gasteiger partial charge >= 0.3 is 12.4 Å². The van der Waals surface area contributed by atoms with Crippen molar-refractivity contribution in [1.82, 2.24) is 9.78 Å². The van der Waals surface area contributed by atoms with Crippen LogP contribution in [0.1, 0.15) is 17.0 Å². The highest BCUT2D eigenvalue weighted by Crippen LogP contribution is 2.36. The number of hydrogen-bond acceptors (Lipinski definition) is 2. The normalized spacial score (nSPS) is 12.3. The molecule has 0 saturated heterocycles. The number of amides is 1. The molecule has 2 aromatic rings. The van der Waals surface area contributed by atoms with E-state index in [-0.39, 0.29) is 5.69 Å². The summed E-state index contributed by atoms with van der Waals surface area (Å²) >= 11 is 5.54. The first-order valence-corrected chi connectivity index (χ1v) is 7.05. The van der Waals surface area contributed by atoms with Crippen molar-refractivity contribution in [3.05, 3.63) is 46.2 Å². The third-order valence-corrected chi connectivity index (χ3v) is 3.65. The molecular weight excluding hydrogens is 376 g/mol. The van der Waals surface area contributed by atoms with Gasteiger partial charge in [-0.25, -0.2) is 0 Å². The van der Waals surface area contributed by atoms with E-state index in [2.05, 4.69) is 5.10 Å². The number of alkyl halides is 6. The minimum Gasteiger partial charge on any atom is -0.324 e. The second kappa shape index (κ2) is 6.58. The first-order chi connectivity index (χ1) is 11.4. The minimum absolute atomic E-state index is 0.131. The largest absolute Gasteiger partial charge is 0.436 e. The van der Waals surface area contributed by atoms with Gasteiger partial charge in [-0.1, -0.05) is 23.7 Å². The van der Waals surface area contributed by atoms with Crippen molar-refractivity contribution in [3.63, 3.8) is 0 Å². The summed E-state index contributed by atoms with van der Waals surface area (Å²) in [4.78, 5) is 11.9. The van der Waals surface area contributed by atoms with Gasteiger partial charge in [0.25, 0.3) is 0 Å². The Balaban J connectivity index is 2.23. The van der Waals surface area contributed by atoms with Gasteiger partial charge in [-0.05, 0) is 19.1 Å². The molecule has 25 heavy (non-hydrogen) atoms. The Bertz CT molecular complexity index is 797. The number of carbonyl (C=O) groups is 1. The van der Waals surface area contributed by atoms with Crippen LogP contribution in [-0.2, 0) is 23.7 Å². The van der Waals surface area contributed by atoms with Crippen LogP contribution in [0, 0.1) is 6.92 Å². The number of carbonyl (C=O) groups excluding carboxylic acids is 1. The molecule has 4 nitrogen and oxygen atoms in total. The zero-order chi connectivity index (χ0) is 19.0. The maximum absolute atomic E-state index is 12.9. The molecule has 0 fully saturated rings. The number of aromatic nitrogens is 2. The predicted octanol–water partition coefficient (Wildman–Crippen LogP) is 4.52. The van der Waals surface area contributed by atoms with Crippen molar-refractivity contribution in [1.29, 1.82) is 0 Å². The molecule has 0 aliphatic rings. The summed E-state index contributed by atoms with van der Waals surface area (Å²) in [5.41, 5.74) is -3.08. The molecular formula is C14H10ClF6N3O. The molecule has 0 aliphatic carbocycles. The lowest BCUT2D eigenvalue weighted by atomic mass is 10.1. The maximum atomic E-state index is 12.9. The van der Waals surface area contributed by atoms with E-state index < -0.39 is 46.8 Å². The van der Waals surface area contributed by atoms with Crippen LogP contribution in [0.3, 0.4) is 0 Å². The van der Waals surface area contributed by atoms with Crippen LogP contribution in [0.25, 0.3) is 0 Å². The van der Waals surface area contributed by atoms with Crippen LogP contribution in [0.2, 0.25) is 5.02 Å². The molecule has 0 spiro atoms. The lowest BCUT2D eigenvalue weighted by Gasteiger charge is -2.13. The fourth-order valence-corrected chi connectivity index (χ4v) is 2.27. The summed E-state index contributed by atoms with van der Waals surface area (Å²) < 4.78 is 77.4. The third kappa shape index (κ3) is 4.25. The lowest BCUT2D eigenvalue weighted by molar-refractivity contribution is -0.141. The molecule has 2 rings (SSSR count). The van der Waals surface area contributed by atoms with Crippen LogP contribution >= 0.6 is 11.6 Å². The molecule has 0 unspecified atom stereocenters.